The molecule has 2 rings (SSSR count). The summed E-state index contributed by atoms with van der Waals surface area (Å²) in [7, 11) is 1.51. The summed E-state index contributed by atoms with van der Waals surface area (Å²) < 4.78 is 5.94. The lowest BCUT2D eigenvalue weighted by Crippen LogP contribution is -1.94. The van der Waals surface area contributed by atoms with Crippen LogP contribution >= 0.6 is 27.5 Å². The highest BCUT2D eigenvalue weighted by Crippen LogP contribution is 2.34. The average Bonchev–Trinajstić information content (AvgIpc) is 2.41. The second-order valence-corrected chi connectivity index (χ2v) is 4.76. The van der Waals surface area contributed by atoms with Crippen LogP contribution in [0.3, 0.4) is 0 Å². The molecule has 0 aliphatic rings. The van der Waals surface area contributed by atoms with E-state index in [1.807, 2.05) is 18.2 Å². The number of hydrogen-bond donors (Lipinski definition) is 0. The lowest BCUT2D eigenvalue weighted by atomic mass is 10.1. The molecule has 0 fully saturated rings. The van der Waals surface area contributed by atoms with Crippen LogP contribution < -0.4 is 4.74 Å². The molecule has 0 atom stereocenters. The van der Waals surface area contributed by atoms with E-state index in [0.717, 1.165) is 10.0 Å². The molecule has 92 valence electrons. The maximum Gasteiger partial charge on any atom is 0.155 e. The van der Waals surface area contributed by atoms with E-state index in [-0.39, 0.29) is 0 Å². The van der Waals surface area contributed by atoms with Crippen molar-refractivity contribution < 1.29 is 9.53 Å². The van der Waals surface area contributed by atoms with Crippen molar-refractivity contribution in [2.45, 2.75) is 0 Å². The number of methoxy groups -OCH3 is 1. The maximum absolute atomic E-state index is 10.8. The number of carbonyl (C=O) groups is 1. The number of ether oxygens (including phenoxy) is 1. The fourth-order valence-electron chi connectivity index (χ4n) is 1.56. The Hall–Kier alpha value is -1.39. The predicted octanol–water partition coefficient (Wildman–Crippen LogP) is 3.99. The number of nitrogens with zero attached hydrogens (tertiary/aromatic N) is 1. The van der Waals surface area contributed by atoms with Gasteiger partial charge in [-0.25, -0.2) is 0 Å². The molecule has 5 heteroatoms. The van der Waals surface area contributed by atoms with Gasteiger partial charge in [-0.1, -0.05) is 23.7 Å². The van der Waals surface area contributed by atoms with Gasteiger partial charge in [-0.3, -0.25) is 9.78 Å². The molecule has 0 radical (unpaired) electrons. The van der Waals surface area contributed by atoms with Crippen molar-refractivity contribution in [3.63, 3.8) is 0 Å². The monoisotopic (exact) mass is 325 g/mol. The first-order chi connectivity index (χ1) is 8.67. The number of rotatable bonds is 3. The van der Waals surface area contributed by atoms with E-state index in [4.69, 9.17) is 16.3 Å². The number of carbonyl (C=O) groups excluding carboxylic acids is 1. The Labute approximate surface area is 118 Å². The Morgan fingerprint density at radius 1 is 1.44 bits per heavy atom. The van der Waals surface area contributed by atoms with Gasteiger partial charge in [0.1, 0.15) is 5.75 Å². The molecule has 0 unspecified atom stereocenters. The van der Waals surface area contributed by atoms with Gasteiger partial charge in [-0.15, -0.1) is 0 Å². The molecular formula is C13H9BrClNO2. The van der Waals surface area contributed by atoms with Crippen LogP contribution in [0.25, 0.3) is 11.3 Å². The fourth-order valence-corrected chi connectivity index (χ4v) is 2.15. The van der Waals surface area contributed by atoms with E-state index < -0.39 is 0 Å². The van der Waals surface area contributed by atoms with E-state index in [1.54, 1.807) is 6.07 Å². The van der Waals surface area contributed by atoms with Gasteiger partial charge in [-0.05, 0) is 22.0 Å². The molecule has 1 heterocycles. The summed E-state index contributed by atoms with van der Waals surface area (Å²) in [5, 5.41) is 0.575. The molecule has 18 heavy (non-hydrogen) atoms. The second kappa shape index (κ2) is 5.50. The van der Waals surface area contributed by atoms with Crippen LogP contribution in [0.1, 0.15) is 10.4 Å². The number of benzene rings is 1. The summed E-state index contributed by atoms with van der Waals surface area (Å²) in [4.78, 5) is 15.0. The topological polar surface area (TPSA) is 39.2 Å². The minimum absolute atomic E-state index is 0.410. The van der Waals surface area contributed by atoms with Gasteiger partial charge >= 0.3 is 0 Å². The van der Waals surface area contributed by atoms with E-state index in [2.05, 4.69) is 20.9 Å². The highest BCUT2D eigenvalue weighted by Gasteiger charge is 2.11. The molecule has 0 aliphatic carbocycles. The molecule has 0 aliphatic heterocycles. The zero-order chi connectivity index (χ0) is 13.1. The summed E-state index contributed by atoms with van der Waals surface area (Å²) in [5.41, 5.74) is 1.85. The first-order valence-electron chi connectivity index (χ1n) is 5.11. The van der Waals surface area contributed by atoms with Crippen molar-refractivity contribution >= 4 is 33.8 Å². The molecule has 2 aromatic rings. The molecule has 0 saturated heterocycles. The van der Waals surface area contributed by atoms with Crippen LogP contribution in [0, 0.1) is 0 Å². The lowest BCUT2D eigenvalue weighted by molar-refractivity contribution is 0.112. The first-order valence-corrected chi connectivity index (χ1v) is 6.28. The number of pyridine rings is 1. The molecule has 0 spiro atoms. The van der Waals surface area contributed by atoms with Gasteiger partial charge < -0.3 is 4.74 Å². The first kappa shape index (κ1) is 13.1. The van der Waals surface area contributed by atoms with Crippen molar-refractivity contribution in [3.8, 4) is 17.0 Å². The van der Waals surface area contributed by atoms with E-state index in [9.17, 15) is 4.79 Å². The third-order valence-electron chi connectivity index (χ3n) is 2.47. The predicted molar refractivity (Wildman–Crippen MR) is 74.3 cm³/mol. The number of aromatic nitrogens is 1. The molecule has 1 aromatic heterocycles. The SMILES string of the molecule is COc1cc(-c2cccc(Br)c2Cl)ncc1C=O. The van der Waals surface area contributed by atoms with E-state index in [0.29, 0.717) is 28.3 Å². The van der Waals surface area contributed by atoms with Crippen molar-refractivity contribution in [2.24, 2.45) is 0 Å². The summed E-state index contributed by atoms with van der Waals surface area (Å²) >= 11 is 9.56. The van der Waals surface area contributed by atoms with Gasteiger partial charge in [0.25, 0.3) is 0 Å². The smallest absolute Gasteiger partial charge is 0.155 e. The van der Waals surface area contributed by atoms with E-state index in [1.165, 1.54) is 13.3 Å². The van der Waals surface area contributed by atoms with Crippen molar-refractivity contribution in [3.05, 3.63) is 45.5 Å². The minimum Gasteiger partial charge on any atom is -0.496 e. The average molecular weight is 327 g/mol. The standard InChI is InChI=1S/C13H9BrClNO2/c1-18-12-5-11(16-6-8(12)7-17)9-3-2-4-10(14)13(9)15/h2-7H,1H3. The van der Waals surface area contributed by atoms with Gasteiger partial charge in [0, 0.05) is 22.3 Å². The Kier molecular flexibility index (Phi) is 3.99. The van der Waals surface area contributed by atoms with Crippen molar-refractivity contribution in [1.29, 1.82) is 0 Å². The Balaban J connectivity index is 2.58. The molecule has 1 aromatic carbocycles. The van der Waals surface area contributed by atoms with Gasteiger partial charge in [0.2, 0.25) is 0 Å². The van der Waals surface area contributed by atoms with Crippen LogP contribution in [0.15, 0.2) is 34.9 Å². The number of halogens is 2. The maximum atomic E-state index is 10.8. The van der Waals surface area contributed by atoms with Gasteiger partial charge in [0.05, 0.1) is 23.4 Å². The normalized spacial score (nSPS) is 10.2. The Bertz CT molecular complexity index is 602. The largest absolute Gasteiger partial charge is 0.496 e. The third-order valence-corrected chi connectivity index (χ3v) is 3.77. The second-order valence-electron chi connectivity index (χ2n) is 3.53. The summed E-state index contributed by atoms with van der Waals surface area (Å²) in [6.07, 6.45) is 2.18. The van der Waals surface area contributed by atoms with Crippen LogP contribution in [0.4, 0.5) is 0 Å². The molecule has 0 bridgehead atoms. The summed E-state index contributed by atoms with van der Waals surface area (Å²) in [6.45, 7) is 0. The Morgan fingerprint density at radius 2 is 2.22 bits per heavy atom. The lowest BCUT2D eigenvalue weighted by Gasteiger charge is -2.08. The van der Waals surface area contributed by atoms with Crippen LogP contribution in [0.5, 0.6) is 5.75 Å². The highest BCUT2D eigenvalue weighted by molar-refractivity contribution is 9.10. The van der Waals surface area contributed by atoms with Gasteiger partial charge in [0.15, 0.2) is 6.29 Å². The summed E-state index contributed by atoms with van der Waals surface area (Å²) in [6, 6.07) is 7.27. The van der Waals surface area contributed by atoms with Crippen molar-refractivity contribution in [2.75, 3.05) is 7.11 Å². The quantitative estimate of drug-likeness (QED) is 0.801. The molecule has 0 N–H and O–H groups in total. The molecule has 3 nitrogen and oxygen atoms in total. The molecule has 0 saturated carbocycles. The zero-order valence-electron chi connectivity index (χ0n) is 9.48. The molecule has 0 amide bonds. The van der Waals surface area contributed by atoms with Crippen LogP contribution in [0.2, 0.25) is 5.02 Å². The zero-order valence-corrected chi connectivity index (χ0v) is 11.8. The summed E-state index contributed by atoms with van der Waals surface area (Å²) in [5.74, 6) is 0.478. The van der Waals surface area contributed by atoms with Crippen LogP contribution in [-0.2, 0) is 0 Å². The Morgan fingerprint density at radius 3 is 2.89 bits per heavy atom. The highest BCUT2D eigenvalue weighted by atomic mass is 79.9. The minimum atomic E-state index is 0.410. The van der Waals surface area contributed by atoms with E-state index >= 15 is 0 Å². The van der Waals surface area contributed by atoms with Crippen molar-refractivity contribution in [1.82, 2.24) is 4.98 Å². The number of hydrogen-bond acceptors (Lipinski definition) is 3. The number of aldehydes is 1. The molecular weight excluding hydrogens is 318 g/mol. The van der Waals surface area contributed by atoms with Gasteiger partial charge in [-0.2, -0.15) is 0 Å². The third kappa shape index (κ3) is 2.40. The fraction of sp³-hybridized carbons (Fsp3) is 0.0769. The van der Waals surface area contributed by atoms with Crippen LogP contribution in [-0.4, -0.2) is 18.4 Å².